The van der Waals surface area contributed by atoms with Gasteiger partial charge in [-0.2, -0.15) is 13.2 Å². The molecule has 0 aliphatic rings. The average Bonchev–Trinajstić information content (AvgIpc) is 2.58. The van der Waals surface area contributed by atoms with Crippen LogP contribution in [-0.2, 0) is 10.9 Å². The number of hydrogen-bond donors (Lipinski definition) is 2. The lowest BCUT2D eigenvalue weighted by Crippen LogP contribution is -2.25. The number of ether oxygens (including phenoxy) is 1. The van der Waals surface area contributed by atoms with E-state index in [-0.39, 0.29) is 11.6 Å². The molecule has 25 heavy (non-hydrogen) atoms. The first kappa shape index (κ1) is 18.7. The van der Waals surface area contributed by atoms with Gasteiger partial charge < -0.3 is 15.4 Å². The number of pyridine rings is 1. The van der Waals surface area contributed by atoms with Crippen molar-refractivity contribution in [2.45, 2.75) is 12.6 Å². The molecule has 0 radical (unpaired) electrons. The number of nitrogens with one attached hydrogen (secondary N) is 2. The topological polar surface area (TPSA) is 63.2 Å². The third-order valence-corrected chi connectivity index (χ3v) is 3.31. The quantitative estimate of drug-likeness (QED) is 0.747. The Hall–Kier alpha value is -2.61. The van der Waals surface area contributed by atoms with E-state index in [0.717, 1.165) is 12.3 Å². The maximum absolute atomic E-state index is 12.8. The summed E-state index contributed by atoms with van der Waals surface area (Å²) < 4.78 is 43.2. The van der Waals surface area contributed by atoms with Crippen LogP contribution in [0.5, 0.6) is 0 Å². The third-order valence-electron chi connectivity index (χ3n) is 3.31. The lowest BCUT2D eigenvalue weighted by Gasteiger charge is -2.13. The van der Waals surface area contributed by atoms with E-state index in [0.29, 0.717) is 30.8 Å². The SMILES string of the molecule is COCCCNC(=O)c1ccccc1Nc1ccnc(C(F)(F)F)c1. The number of alkyl halides is 3. The van der Waals surface area contributed by atoms with E-state index >= 15 is 0 Å². The number of hydrogen-bond acceptors (Lipinski definition) is 4. The van der Waals surface area contributed by atoms with Gasteiger partial charge in [0.2, 0.25) is 0 Å². The highest BCUT2D eigenvalue weighted by molar-refractivity contribution is 6.00. The fraction of sp³-hybridized carbons (Fsp3) is 0.294. The molecule has 2 N–H and O–H groups in total. The zero-order chi connectivity index (χ0) is 18.3. The Morgan fingerprint density at radius 1 is 1.24 bits per heavy atom. The highest BCUT2D eigenvalue weighted by Crippen LogP contribution is 2.30. The number of anilines is 2. The van der Waals surface area contributed by atoms with Crippen LogP contribution >= 0.6 is 0 Å². The van der Waals surface area contributed by atoms with Gasteiger partial charge in [-0.15, -0.1) is 0 Å². The molecule has 0 bridgehead atoms. The molecule has 0 saturated heterocycles. The maximum Gasteiger partial charge on any atom is 0.433 e. The Kier molecular flexibility index (Phi) is 6.35. The summed E-state index contributed by atoms with van der Waals surface area (Å²) in [6.07, 6.45) is -2.80. The minimum atomic E-state index is -4.53. The fourth-order valence-electron chi connectivity index (χ4n) is 2.12. The van der Waals surface area contributed by atoms with Crippen LogP contribution < -0.4 is 10.6 Å². The summed E-state index contributed by atoms with van der Waals surface area (Å²) in [5.74, 6) is -0.315. The molecular formula is C17H18F3N3O2. The van der Waals surface area contributed by atoms with Gasteiger partial charge in [0.25, 0.3) is 5.91 Å². The van der Waals surface area contributed by atoms with Crippen LogP contribution in [0.1, 0.15) is 22.5 Å². The zero-order valence-electron chi connectivity index (χ0n) is 13.6. The first-order valence-corrected chi connectivity index (χ1v) is 7.58. The number of aromatic nitrogens is 1. The Morgan fingerprint density at radius 3 is 2.72 bits per heavy atom. The van der Waals surface area contributed by atoms with E-state index in [4.69, 9.17) is 4.74 Å². The van der Waals surface area contributed by atoms with Crippen LogP contribution in [0.2, 0.25) is 0 Å². The number of methoxy groups -OCH3 is 1. The second-order valence-electron chi connectivity index (χ2n) is 5.20. The lowest BCUT2D eigenvalue weighted by atomic mass is 10.1. The smallest absolute Gasteiger partial charge is 0.385 e. The van der Waals surface area contributed by atoms with Crippen molar-refractivity contribution in [3.8, 4) is 0 Å². The number of amides is 1. The molecule has 5 nitrogen and oxygen atoms in total. The molecule has 8 heteroatoms. The second-order valence-corrected chi connectivity index (χ2v) is 5.20. The normalized spacial score (nSPS) is 11.2. The van der Waals surface area contributed by atoms with Crippen LogP contribution in [0.3, 0.4) is 0 Å². The minimum absolute atomic E-state index is 0.196. The predicted molar refractivity (Wildman–Crippen MR) is 87.8 cm³/mol. The molecule has 1 heterocycles. The Morgan fingerprint density at radius 2 is 2.00 bits per heavy atom. The van der Waals surface area contributed by atoms with Crippen LogP contribution in [-0.4, -0.2) is 31.2 Å². The molecule has 134 valence electrons. The summed E-state index contributed by atoms with van der Waals surface area (Å²) >= 11 is 0. The third kappa shape index (κ3) is 5.46. The van der Waals surface area contributed by atoms with Crippen LogP contribution in [0.15, 0.2) is 42.6 Å². The summed E-state index contributed by atoms with van der Waals surface area (Å²) in [6, 6.07) is 8.90. The van der Waals surface area contributed by atoms with Gasteiger partial charge in [-0.05, 0) is 30.7 Å². The first-order valence-electron chi connectivity index (χ1n) is 7.58. The van der Waals surface area contributed by atoms with E-state index in [1.807, 2.05) is 0 Å². The molecule has 0 fully saturated rings. The highest BCUT2D eigenvalue weighted by Gasteiger charge is 2.32. The van der Waals surface area contributed by atoms with Gasteiger partial charge in [0, 0.05) is 32.1 Å². The van der Waals surface area contributed by atoms with E-state index in [1.54, 1.807) is 31.4 Å². The summed E-state index contributed by atoms with van der Waals surface area (Å²) in [6.45, 7) is 0.964. The van der Waals surface area contributed by atoms with Crippen molar-refractivity contribution in [1.82, 2.24) is 10.3 Å². The van der Waals surface area contributed by atoms with Crippen molar-refractivity contribution >= 4 is 17.3 Å². The monoisotopic (exact) mass is 353 g/mol. The molecule has 0 saturated carbocycles. The van der Waals surface area contributed by atoms with Crippen molar-refractivity contribution in [3.63, 3.8) is 0 Å². The minimum Gasteiger partial charge on any atom is -0.385 e. The van der Waals surface area contributed by atoms with Gasteiger partial charge in [-0.3, -0.25) is 9.78 Å². The van der Waals surface area contributed by atoms with Crippen molar-refractivity contribution in [2.24, 2.45) is 0 Å². The van der Waals surface area contributed by atoms with Crippen molar-refractivity contribution < 1.29 is 22.7 Å². The second kappa shape index (κ2) is 8.48. The Balaban J connectivity index is 2.14. The van der Waals surface area contributed by atoms with Crippen LogP contribution in [0.25, 0.3) is 0 Å². The molecule has 0 aliphatic carbocycles. The van der Waals surface area contributed by atoms with E-state index in [1.165, 1.54) is 6.07 Å². The molecule has 2 aromatic rings. The van der Waals surface area contributed by atoms with Gasteiger partial charge in [0.05, 0.1) is 11.3 Å². The van der Waals surface area contributed by atoms with Crippen molar-refractivity contribution in [3.05, 3.63) is 53.9 Å². The number of benzene rings is 1. The molecule has 0 spiro atoms. The number of para-hydroxylation sites is 1. The van der Waals surface area contributed by atoms with Gasteiger partial charge >= 0.3 is 6.18 Å². The van der Waals surface area contributed by atoms with Crippen LogP contribution in [0, 0.1) is 0 Å². The number of rotatable bonds is 7. The predicted octanol–water partition coefficient (Wildman–Crippen LogP) is 3.61. The number of carbonyl (C=O) groups is 1. The first-order chi connectivity index (χ1) is 11.9. The molecule has 0 atom stereocenters. The molecule has 2 rings (SSSR count). The van der Waals surface area contributed by atoms with E-state index in [9.17, 15) is 18.0 Å². The fourth-order valence-corrected chi connectivity index (χ4v) is 2.12. The molecule has 0 aliphatic heterocycles. The molecule has 0 unspecified atom stereocenters. The summed E-state index contributed by atoms with van der Waals surface area (Å²) in [4.78, 5) is 15.6. The molecule has 1 aromatic heterocycles. The summed E-state index contributed by atoms with van der Waals surface area (Å²) in [5, 5.41) is 5.59. The van der Waals surface area contributed by atoms with Gasteiger partial charge in [0.1, 0.15) is 5.69 Å². The van der Waals surface area contributed by atoms with Gasteiger partial charge in [-0.25, -0.2) is 0 Å². The standard InChI is InChI=1S/C17H18F3N3O2/c1-25-10-4-8-22-16(24)13-5-2-3-6-14(13)23-12-7-9-21-15(11-12)17(18,19)20/h2-3,5-7,9,11H,4,8,10H2,1H3,(H,21,23)(H,22,24). The number of carbonyl (C=O) groups excluding carboxylic acids is 1. The molecule has 1 aromatic carbocycles. The highest BCUT2D eigenvalue weighted by atomic mass is 19.4. The summed E-state index contributed by atoms with van der Waals surface area (Å²) in [7, 11) is 1.57. The van der Waals surface area contributed by atoms with Crippen molar-refractivity contribution in [1.29, 1.82) is 0 Å². The van der Waals surface area contributed by atoms with Crippen LogP contribution in [0.4, 0.5) is 24.5 Å². The largest absolute Gasteiger partial charge is 0.433 e. The number of halogens is 3. The molecular weight excluding hydrogens is 335 g/mol. The average molecular weight is 353 g/mol. The van der Waals surface area contributed by atoms with Gasteiger partial charge in [-0.1, -0.05) is 12.1 Å². The van der Waals surface area contributed by atoms with E-state index < -0.39 is 11.9 Å². The maximum atomic E-state index is 12.8. The Bertz CT molecular complexity index is 720. The number of nitrogens with zero attached hydrogens (tertiary/aromatic N) is 1. The Labute approximate surface area is 143 Å². The molecule has 1 amide bonds. The zero-order valence-corrected chi connectivity index (χ0v) is 13.6. The van der Waals surface area contributed by atoms with E-state index in [2.05, 4.69) is 15.6 Å². The summed E-state index contributed by atoms with van der Waals surface area (Å²) in [5.41, 5.74) is -0.0580. The lowest BCUT2D eigenvalue weighted by molar-refractivity contribution is -0.141. The van der Waals surface area contributed by atoms with Gasteiger partial charge in [0.15, 0.2) is 0 Å². The van der Waals surface area contributed by atoms with Crippen molar-refractivity contribution in [2.75, 3.05) is 25.6 Å².